The number of hydrogen-bond donors (Lipinski definition) is 1. The SMILES string of the molecule is CCOc1ccc([C@H]2/C(=C(\O)c3ccc(OC)cc3)C(=O)C(=O)N2CCN2CCOCC2)cc1. The molecule has 0 spiro atoms. The van der Waals surface area contributed by atoms with E-state index in [0.717, 1.165) is 18.7 Å². The van der Waals surface area contributed by atoms with Crippen molar-refractivity contribution in [3.8, 4) is 11.5 Å². The number of likely N-dealkylation sites (tertiary alicyclic amines) is 1. The summed E-state index contributed by atoms with van der Waals surface area (Å²) in [5.74, 6) is -0.164. The number of methoxy groups -OCH3 is 1. The molecule has 4 rings (SSSR count). The van der Waals surface area contributed by atoms with Crippen molar-refractivity contribution in [2.24, 2.45) is 0 Å². The number of hydrogen-bond acceptors (Lipinski definition) is 7. The Morgan fingerprint density at radius 2 is 1.65 bits per heavy atom. The number of nitrogens with zero attached hydrogens (tertiary/aromatic N) is 2. The number of Topliss-reactive ketones (excluding diaryl/α,β-unsaturated/α-hetero) is 1. The number of ether oxygens (including phenoxy) is 3. The van der Waals surface area contributed by atoms with Crippen LogP contribution in [0.1, 0.15) is 24.1 Å². The van der Waals surface area contributed by atoms with Gasteiger partial charge in [-0.15, -0.1) is 0 Å². The van der Waals surface area contributed by atoms with Crippen molar-refractivity contribution in [2.45, 2.75) is 13.0 Å². The third-order valence-corrected chi connectivity index (χ3v) is 6.17. The predicted octanol–water partition coefficient (Wildman–Crippen LogP) is 2.85. The van der Waals surface area contributed by atoms with Gasteiger partial charge in [-0.2, -0.15) is 0 Å². The molecule has 0 unspecified atom stereocenters. The number of ketones is 1. The van der Waals surface area contributed by atoms with Crippen LogP contribution in [0.4, 0.5) is 0 Å². The van der Waals surface area contributed by atoms with E-state index in [1.165, 1.54) is 0 Å². The molecular formula is C26H30N2O6. The Morgan fingerprint density at radius 1 is 1.00 bits per heavy atom. The minimum absolute atomic E-state index is 0.0845. The van der Waals surface area contributed by atoms with E-state index < -0.39 is 17.7 Å². The summed E-state index contributed by atoms with van der Waals surface area (Å²) in [7, 11) is 1.56. The summed E-state index contributed by atoms with van der Waals surface area (Å²) < 4.78 is 16.1. The number of carbonyl (C=O) groups excluding carboxylic acids is 2. The Bertz CT molecular complexity index is 1040. The lowest BCUT2D eigenvalue weighted by Gasteiger charge is -2.31. The fraction of sp³-hybridized carbons (Fsp3) is 0.385. The molecule has 2 saturated heterocycles. The smallest absolute Gasteiger partial charge is 0.295 e. The molecule has 8 nitrogen and oxygen atoms in total. The summed E-state index contributed by atoms with van der Waals surface area (Å²) in [6, 6.07) is 13.4. The van der Waals surface area contributed by atoms with Crippen molar-refractivity contribution in [1.29, 1.82) is 0 Å². The van der Waals surface area contributed by atoms with Gasteiger partial charge in [0.15, 0.2) is 0 Å². The second-order valence-corrected chi connectivity index (χ2v) is 8.18. The van der Waals surface area contributed by atoms with Crippen LogP contribution in [0.5, 0.6) is 11.5 Å². The highest BCUT2D eigenvalue weighted by Gasteiger charge is 2.46. The summed E-state index contributed by atoms with van der Waals surface area (Å²) in [5, 5.41) is 11.2. The number of aliphatic hydroxyl groups is 1. The van der Waals surface area contributed by atoms with Gasteiger partial charge in [0, 0.05) is 31.7 Å². The lowest BCUT2D eigenvalue weighted by Crippen LogP contribution is -2.42. The van der Waals surface area contributed by atoms with Crippen LogP contribution >= 0.6 is 0 Å². The predicted molar refractivity (Wildman–Crippen MR) is 127 cm³/mol. The van der Waals surface area contributed by atoms with Gasteiger partial charge >= 0.3 is 0 Å². The van der Waals surface area contributed by atoms with E-state index in [9.17, 15) is 14.7 Å². The van der Waals surface area contributed by atoms with Crippen molar-refractivity contribution in [3.05, 3.63) is 65.2 Å². The molecule has 0 aliphatic carbocycles. The van der Waals surface area contributed by atoms with Gasteiger partial charge in [-0.05, 0) is 48.9 Å². The van der Waals surface area contributed by atoms with E-state index in [-0.39, 0.29) is 11.3 Å². The Morgan fingerprint density at radius 3 is 2.26 bits per heavy atom. The molecule has 8 heteroatoms. The molecule has 0 bridgehead atoms. The fourth-order valence-electron chi connectivity index (χ4n) is 4.35. The molecule has 2 aromatic carbocycles. The molecule has 0 radical (unpaired) electrons. The molecule has 1 N–H and O–H groups in total. The fourth-order valence-corrected chi connectivity index (χ4v) is 4.35. The number of morpholine rings is 1. The maximum Gasteiger partial charge on any atom is 0.295 e. The highest BCUT2D eigenvalue weighted by molar-refractivity contribution is 6.46. The molecule has 2 aromatic rings. The van der Waals surface area contributed by atoms with Gasteiger partial charge in [-0.1, -0.05) is 12.1 Å². The van der Waals surface area contributed by atoms with Gasteiger partial charge in [-0.25, -0.2) is 0 Å². The largest absolute Gasteiger partial charge is 0.507 e. The normalized spacial score (nSPS) is 20.5. The lowest BCUT2D eigenvalue weighted by molar-refractivity contribution is -0.140. The molecule has 0 aromatic heterocycles. The van der Waals surface area contributed by atoms with Crippen LogP contribution in [-0.4, -0.2) is 79.7 Å². The van der Waals surface area contributed by atoms with E-state index in [1.54, 1.807) is 36.3 Å². The number of rotatable bonds is 8. The Labute approximate surface area is 199 Å². The van der Waals surface area contributed by atoms with E-state index >= 15 is 0 Å². The molecule has 2 heterocycles. The van der Waals surface area contributed by atoms with Crippen molar-refractivity contribution in [3.63, 3.8) is 0 Å². The van der Waals surface area contributed by atoms with Gasteiger partial charge in [0.2, 0.25) is 0 Å². The van der Waals surface area contributed by atoms with Crippen LogP contribution < -0.4 is 9.47 Å². The van der Waals surface area contributed by atoms with Crippen LogP contribution in [0.15, 0.2) is 54.1 Å². The zero-order valence-corrected chi connectivity index (χ0v) is 19.5. The Hall–Kier alpha value is -3.36. The second kappa shape index (κ2) is 10.7. The molecular weight excluding hydrogens is 436 g/mol. The average molecular weight is 467 g/mol. The number of amides is 1. The second-order valence-electron chi connectivity index (χ2n) is 8.18. The molecule has 2 fully saturated rings. The van der Waals surface area contributed by atoms with Gasteiger partial charge in [0.25, 0.3) is 11.7 Å². The third-order valence-electron chi connectivity index (χ3n) is 6.17. The van der Waals surface area contributed by atoms with Gasteiger partial charge < -0.3 is 24.2 Å². The van der Waals surface area contributed by atoms with Crippen LogP contribution in [0.25, 0.3) is 5.76 Å². The Balaban J connectivity index is 1.71. The van der Waals surface area contributed by atoms with Crippen LogP contribution in [-0.2, 0) is 14.3 Å². The molecule has 2 aliphatic rings. The van der Waals surface area contributed by atoms with Gasteiger partial charge in [0.05, 0.1) is 38.5 Å². The summed E-state index contributed by atoms with van der Waals surface area (Å²) in [6.45, 7) is 6.29. The first-order valence-electron chi connectivity index (χ1n) is 11.5. The average Bonchev–Trinajstić information content (AvgIpc) is 3.13. The Kier molecular flexibility index (Phi) is 7.49. The molecule has 1 amide bonds. The minimum atomic E-state index is -0.696. The topological polar surface area (TPSA) is 88.5 Å². The first-order chi connectivity index (χ1) is 16.5. The standard InChI is InChI=1S/C26H30N2O6/c1-3-34-21-10-4-18(5-11-21)23-22(24(29)19-6-8-20(32-2)9-7-19)25(30)26(31)28(23)13-12-27-14-16-33-17-15-27/h4-11,23,29H,3,12-17H2,1-2H3/b24-22+/t23-/m0/s1. The lowest BCUT2D eigenvalue weighted by atomic mass is 9.95. The van der Waals surface area contributed by atoms with Gasteiger partial charge in [0.1, 0.15) is 17.3 Å². The van der Waals surface area contributed by atoms with Crippen LogP contribution in [0.3, 0.4) is 0 Å². The van der Waals surface area contributed by atoms with Crippen LogP contribution in [0, 0.1) is 0 Å². The summed E-state index contributed by atoms with van der Waals surface area (Å²) in [5.41, 5.74) is 1.27. The monoisotopic (exact) mass is 466 g/mol. The number of aliphatic hydroxyl groups excluding tert-OH is 1. The number of carbonyl (C=O) groups is 2. The highest BCUT2D eigenvalue weighted by atomic mass is 16.5. The first kappa shape index (κ1) is 23.8. The van der Waals surface area contributed by atoms with Crippen molar-refractivity contribution < 1.29 is 28.9 Å². The van der Waals surface area contributed by atoms with E-state index in [1.807, 2.05) is 31.2 Å². The summed E-state index contributed by atoms with van der Waals surface area (Å²) in [6.07, 6.45) is 0. The van der Waals surface area contributed by atoms with Gasteiger partial charge in [-0.3, -0.25) is 14.5 Å². The maximum absolute atomic E-state index is 13.2. The van der Waals surface area contributed by atoms with Crippen molar-refractivity contribution >= 4 is 17.4 Å². The van der Waals surface area contributed by atoms with Crippen molar-refractivity contribution in [2.75, 3.05) is 53.1 Å². The van der Waals surface area contributed by atoms with E-state index in [0.29, 0.717) is 50.0 Å². The zero-order chi connectivity index (χ0) is 24.1. The van der Waals surface area contributed by atoms with E-state index in [4.69, 9.17) is 14.2 Å². The molecule has 34 heavy (non-hydrogen) atoms. The number of benzene rings is 2. The van der Waals surface area contributed by atoms with Crippen molar-refractivity contribution in [1.82, 2.24) is 9.80 Å². The molecule has 1 atom stereocenters. The molecule has 180 valence electrons. The maximum atomic E-state index is 13.2. The minimum Gasteiger partial charge on any atom is -0.507 e. The summed E-state index contributed by atoms with van der Waals surface area (Å²) >= 11 is 0. The molecule has 0 saturated carbocycles. The van der Waals surface area contributed by atoms with E-state index in [2.05, 4.69) is 4.90 Å². The first-order valence-corrected chi connectivity index (χ1v) is 11.5. The molecule has 2 aliphatic heterocycles. The third kappa shape index (κ3) is 4.93. The highest BCUT2D eigenvalue weighted by Crippen LogP contribution is 2.39. The quantitative estimate of drug-likeness (QED) is 0.364. The summed E-state index contributed by atoms with van der Waals surface area (Å²) in [4.78, 5) is 30.1. The van der Waals surface area contributed by atoms with Crippen LogP contribution in [0.2, 0.25) is 0 Å². The zero-order valence-electron chi connectivity index (χ0n) is 19.5.